The van der Waals surface area contributed by atoms with Crippen LogP contribution < -0.4 is 0 Å². The molecule has 0 fully saturated rings. The summed E-state index contributed by atoms with van der Waals surface area (Å²) in [4.78, 5) is 0. The van der Waals surface area contributed by atoms with Gasteiger partial charge in [0, 0.05) is 5.39 Å². The van der Waals surface area contributed by atoms with Gasteiger partial charge in [-0.2, -0.15) is 13.2 Å². The summed E-state index contributed by atoms with van der Waals surface area (Å²) < 4.78 is 81.2. The van der Waals surface area contributed by atoms with Crippen molar-refractivity contribution < 1.29 is 26.3 Å². The average molecular weight is 368 g/mol. The molecule has 3 rings (SSSR count). The van der Waals surface area contributed by atoms with Crippen LogP contribution in [0.15, 0.2) is 42.5 Å². The van der Waals surface area contributed by atoms with Gasteiger partial charge in [-0.05, 0) is 47.2 Å². The van der Waals surface area contributed by atoms with Crippen LogP contribution in [0.1, 0.15) is 24.5 Å². The molecule has 0 aromatic heterocycles. The predicted molar refractivity (Wildman–Crippen MR) is 88.3 cm³/mol. The SMILES string of the molecule is CCCc1cc(F)c(-c2ccc3c(F)c(C(F)(F)F)ccc3c2)c(F)c1. The number of alkyl halides is 3. The molecule has 3 aromatic carbocycles. The van der Waals surface area contributed by atoms with Gasteiger partial charge in [-0.25, -0.2) is 13.2 Å². The summed E-state index contributed by atoms with van der Waals surface area (Å²) in [6.07, 6.45) is -3.56. The number of fused-ring (bicyclic) bond motifs is 1. The fourth-order valence-electron chi connectivity index (χ4n) is 3.00. The molecule has 0 nitrogen and oxygen atoms in total. The summed E-state index contributed by atoms with van der Waals surface area (Å²) in [5, 5.41) is -0.128. The average Bonchev–Trinajstić information content (AvgIpc) is 2.53. The van der Waals surface area contributed by atoms with Crippen LogP contribution >= 0.6 is 0 Å². The maximum atomic E-state index is 14.4. The van der Waals surface area contributed by atoms with Crippen molar-refractivity contribution in [1.29, 1.82) is 0 Å². The van der Waals surface area contributed by atoms with Crippen LogP contribution in [-0.4, -0.2) is 0 Å². The summed E-state index contributed by atoms with van der Waals surface area (Å²) in [6, 6.07) is 7.78. The summed E-state index contributed by atoms with van der Waals surface area (Å²) >= 11 is 0. The maximum absolute atomic E-state index is 14.4. The molecule has 0 bridgehead atoms. The van der Waals surface area contributed by atoms with E-state index < -0.39 is 29.2 Å². The molecule has 0 saturated heterocycles. The van der Waals surface area contributed by atoms with E-state index in [1.54, 1.807) is 0 Å². The molecule has 6 heteroatoms. The fourth-order valence-corrected chi connectivity index (χ4v) is 3.00. The van der Waals surface area contributed by atoms with E-state index in [-0.39, 0.29) is 21.9 Å². The lowest BCUT2D eigenvalue weighted by Gasteiger charge is -2.12. The normalized spacial score (nSPS) is 12.0. The molecule has 0 spiro atoms. The number of benzene rings is 3. The maximum Gasteiger partial charge on any atom is 0.419 e. The van der Waals surface area contributed by atoms with Gasteiger partial charge in [0.2, 0.25) is 0 Å². The molecule has 0 heterocycles. The van der Waals surface area contributed by atoms with E-state index in [2.05, 4.69) is 0 Å². The first kappa shape index (κ1) is 18.3. The van der Waals surface area contributed by atoms with Crippen LogP contribution in [0.4, 0.5) is 26.3 Å². The van der Waals surface area contributed by atoms with Crippen LogP contribution in [0.25, 0.3) is 21.9 Å². The topological polar surface area (TPSA) is 0 Å². The minimum atomic E-state index is -4.82. The third-order valence-corrected chi connectivity index (χ3v) is 4.19. The molecule has 26 heavy (non-hydrogen) atoms. The first-order valence-electron chi connectivity index (χ1n) is 8.00. The van der Waals surface area contributed by atoms with Crippen molar-refractivity contribution >= 4 is 10.8 Å². The highest BCUT2D eigenvalue weighted by Crippen LogP contribution is 2.36. The van der Waals surface area contributed by atoms with Gasteiger partial charge in [0.25, 0.3) is 0 Å². The molecule has 0 saturated carbocycles. The Balaban J connectivity index is 2.14. The van der Waals surface area contributed by atoms with Gasteiger partial charge in [-0.15, -0.1) is 0 Å². The second-order valence-corrected chi connectivity index (χ2v) is 6.05. The van der Waals surface area contributed by atoms with Crippen molar-refractivity contribution in [2.75, 3.05) is 0 Å². The second kappa shape index (κ2) is 6.67. The summed E-state index contributed by atoms with van der Waals surface area (Å²) in [7, 11) is 0. The van der Waals surface area contributed by atoms with Crippen molar-refractivity contribution in [2.45, 2.75) is 25.9 Å². The summed E-state index contributed by atoms with van der Waals surface area (Å²) in [5.41, 5.74) is -1.01. The molecule has 0 aliphatic rings. The Morgan fingerprint density at radius 1 is 0.846 bits per heavy atom. The predicted octanol–water partition coefficient (Wildman–Crippen LogP) is 6.90. The first-order valence-corrected chi connectivity index (χ1v) is 8.00. The lowest BCUT2D eigenvalue weighted by Crippen LogP contribution is -2.08. The highest BCUT2D eigenvalue weighted by molar-refractivity contribution is 5.88. The largest absolute Gasteiger partial charge is 0.419 e. The van der Waals surface area contributed by atoms with Gasteiger partial charge in [-0.1, -0.05) is 31.5 Å². The Morgan fingerprint density at radius 2 is 1.50 bits per heavy atom. The van der Waals surface area contributed by atoms with E-state index in [1.165, 1.54) is 24.3 Å². The van der Waals surface area contributed by atoms with Gasteiger partial charge in [-0.3, -0.25) is 0 Å². The molecule has 0 unspecified atom stereocenters. The van der Waals surface area contributed by atoms with Crippen molar-refractivity contribution in [3.63, 3.8) is 0 Å². The smallest absolute Gasteiger partial charge is 0.206 e. The third kappa shape index (κ3) is 3.28. The molecule has 0 amide bonds. The molecule has 136 valence electrons. The monoisotopic (exact) mass is 368 g/mol. The zero-order valence-corrected chi connectivity index (χ0v) is 13.7. The van der Waals surface area contributed by atoms with Crippen LogP contribution in [0.2, 0.25) is 0 Å². The lowest BCUT2D eigenvalue weighted by molar-refractivity contribution is -0.139. The Morgan fingerprint density at radius 3 is 2.08 bits per heavy atom. The molecule has 0 aliphatic carbocycles. The molecule has 3 aromatic rings. The van der Waals surface area contributed by atoms with Crippen molar-refractivity contribution in [3.05, 3.63) is 71.0 Å². The van der Waals surface area contributed by atoms with Crippen molar-refractivity contribution in [3.8, 4) is 11.1 Å². The quantitative estimate of drug-likeness (QED) is 0.441. The lowest BCUT2D eigenvalue weighted by atomic mass is 9.97. The second-order valence-electron chi connectivity index (χ2n) is 6.05. The van der Waals surface area contributed by atoms with Crippen molar-refractivity contribution in [2.24, 2.45) is 0 Å². The zero-order valence-electron chi connectivity index (χ0n) is 13.7. The number of rotatable bonds is 3. The van der Waals surface area contributed by atoms with Crippen LogP contribution in [0.3, 0.4) is 0 Å². The molecular formula is C20H14F6. The van der Waals surface area contributed by atoms with Crippen LogP contribution in [0.5, 0.6) is 0 Å². The number of hydrogen-bond acceptors (Lipinski definition) is 0. The van der Waals surface area contributed by atoms with E-state index in [1.807, 2.05) is 6.92 Å². The standard InChI is InChI=1S/C20H14F6/c1-2-3-11-8-16(21)18(17(22)9-11)13-4-6-14-12(10-13)5-7-15(19(14)23)20(24,25)26/h4-10H,2-3H2,1H3. The van der Waals surface area contributed by atoms with Gasteiger partial charge >= 0.3 is 6.18 Å². The highest BCUT2D eigenvalue weighted by atomic mass is 19.4. The van der Waals surface area contributed by atoms with E-state index >= 15 is 0 Å². The van der Waals surface area contributed by atoms with E-state index in [0.717, 1.165) is 18.6 Å². The summed E-state index contributed by atoms with van der Waals surface area (Å²) in [6.45, 7) is 1.89. The highest BCUT2D eigenvalue weighted by Gasteiger charge is 2.34. The van der Waals surface area contributed by atoms with Gasteiger partial charge < -0.3 is 0 Å². The van der Waals surface area contributed by atoms with Gasteiger partial charge in [0.05, 0.1) is 11.1 Å². The van der Waals surface area contributed by atoms with E-state index in [0.29, 0.717) is 18.1 Å². The van der Waals surface area contributed by atoms with Crippen LogP contribution in [0, 0.1) is 17.5 Å². The Hall–Kier alpha value is -2.50. The van der Waals surface area contributed by atoms with Gasteiger partial charge in [0.1, 0.15) is 17.5 Å². The molecule has 0 aliphatic heterocycles. The summed E-state index contributed by atoms with van der Waals surface area (Å²) in [5.74, 6) is -2.93. The number of halogens is 6. The number of hydrogen-bond donors (Lipinski definition) is 0. The Labute approximate surface area is 146 Å². The van der Waals surface area contributed by atoms with Crippen molar-refractivity contribution in [1.82, 2.24) is 0 Å². The Kier molecular flexibility index (Phi) is 4.69. The first-order chi connectivity index (χ1) is 12.2. The minimum Gasteiger partial charge on any atom is -0.206 e. The molecular weight excluding hydrogens is 354 g/mol. The minimum absolute atomic E-state index is 0.129. The zero-order chi connectivity index (χ0) is 19.1. The third-order valence-electron chi connectivity index (χ3n) is 4.19. The Bertz CT molecular complexity index is 949. The van der Waals surface area contributed by atoms with E-state index in [4.69, 9.17) is 0 Å². The molecule has 0 atom stereocenters. The van der Waals surface area contributed by atoms with Gasteiger partial charge in [0.15, 0.2) is 0 Å². The molecule has 0 radical (unpaired) electrons. The molecule has 0 N–H and O–H groups in total. The number of aryl methyl sites for hydroxylation is 1. The fraction of sp³-hybridized carbons (Fsp3) is 0.200. The van der Waals surface area contributed by atoms with Crippen LogP contribution in [-0.2, 0) is 12.6 Å². The van der Waals surface area contributed by atoms with E-state index in [9.17, 15) is 26.3 Å².